The summed E-state index contributed by atoms with van der Waals surface area (Å²) in [5, 5.41) is 6.87. The number of anilines is 1. The van der Waals surface area contributed by atoms with Crippen LogP contribution in [0.25, 0.3) is 0 Å². The molecule has 1 aromatic carbocycles. The number of nitrogens with zero attached hydrogens (tertiary/aromatic N) is 2. The first kappa shape index (κ1) is 13.4. The van der Waals surface area contributed by atoms with Crippen LogP contribution in [0.1, 0.15) is 11.3 Å². The van der Waals surface area contributed by atoms with Gasteiger partial charge in [0.05, 0.1) is 26.1 Å². The fraction of sp³-hybridized carbons (Fsp3) is 0.231. The molecule has 19 heavy (non-hydrogen) atoms. The molecular weight excluding hydrogens is 262 g/mol. The van der Waals surface area contributed by atoms with Gasteiger partial charge in [-0.2, -0.15) is 5.10 Å². The Morgan fingerprint density at radius 3 is 2.79 bits per heavy atom. The normalized spacial score (nSPS) is 10.7. The maximum Gasteiger partial charge on any atom is 0.203 e. The minimum atomic E-state index is 0.709. The maximum absolute atomic E-state index is 5.28. The lowest BCUT2D eigenvalue weighted by Crippen LogP contribution is -1.95. The average molecular weight is 277 g/mol. The number of nitrogens with one attached hydrogen (secondary N) is 1. The molecule has 0 fully saturated rings. The van der Waals surface area contributed by atoms with Gasteiger partial charge in [0.25, 0.3) is 0 Å². The van der Waals surface area contributed by atoms with Crippen LogP contribution in [0.5, 0.6) is 11.5 Å². The van der Waals surface area contributed by atoms with Crippen molar-refractivity contribution in [1.82, 2.24) is 4.98 Å². The van der Waals surface area contributed by atoms with Crippen LogP contribution in [0, 0.1) is 6.92 Å². The topological polar surface area (TPSA) is 55.7 Å². The summed E-state index contributed by atoms with van der Waals surface area (Å²) in [7, 11) is 3.23. The smallest absolute Gasteiger partial charge is 0.203 e. The fourth-order valence-electron chi connectivity index (χ4n) is 1.49. The Morgan fingerprint density at radius 2 is 2.16 bits per heavy atom. The first-order valence-corrected chi connectivity index (χ1v) is 6.54. The minimum absolute atomic E-state index is 0.709. The lowest BCUT2D eigenvalue weighted by Gasteiger charge is -2.06. The molecule has 0 saturated carbocycles. The van der Waals surface area contributed by atoms with Crippen LogP contribution in [0.3, 0.4) is 0 Å². The van der Waals surface area contributed by atoms with Gasteiger partial charge in [0.2, 0.25) is 5.13 Å². The molecule has 0 aliphatic carbocycles. The van der Waals surface area contributed by atoms with Gasteiger partial charge in [-0.1, -0.05) is 0 Å². The first-order valence-electron chi connectivity index (χ1n) is 5.66. The zero-order chi connectivity index (χ0) is 13.7. The molecule has 0 radical (unpaired) electrons. The number of benzene rings is 1. The number of hydrogen-bond acceptors (Lipinski definition) is 6. The van der Waals surface area contributed by atoms with Crippen molar-refractivity contribution in [1.29, 1.82) is 0 Å². The third kappa shape index (κ3) is 3.45. The summed E-state index contributed by atoms with van der Waals surface area (Å²) in [6.07, 6.45) is 1.69. The molecule has 0 saturated heterocycles. The van der Waals surface area contributed by atoms with Gasteiger partial charge in [-0.25, -0.2) is 4.98 Å². The van der Waals surface area contributed by atoms with Crippen LogP contribution >= 0.6 is 11.3 Å². The van der Waals surface area contributed by atoms with E-state index >= 15 is 0 Å². The summed E-state index contributed by atoms with van der Waals surface area (Å²) < 4.78 is 10.4. The second-order valence-electron chi connectivity index (χ2n) is 3.77. The van der Waals surface area contributed by atoms with E-state index in [0.29, 0.717) is 5.75 Å². The highest BCUT2D eigenvalue weighted by Crippen LogP contribution is 2.23. The lowest BCUT2D eigenvalue weighted by molar-refractivity contribution is 0.394. The van der Waals surface area contributed by atoms with Crippen LogP contribution < -0.4 is 14.9 Å². The quantitative estimate of drug-likeness (QED) is 0.674. The van der Waals surface area contributed by atoms with Crippen molar-refractivity contribution in [2.75, 3.05) is 19.6 Å². The summed E-state index contributed by atoms with van der Waals surface area (Å²) in [5.41, 5.74) is 4.73. The van der Waals surface area contributed by atoms with E-state index in [1.807, 2.05) is 30.5 Å². The Kier molecular flexibility index (Phi) is 4.35. The van der Waals surface area contributed by atoms with E-state index in [1.165, 1.54) is 11.3 Å². The summed E-state index contributed by atoms with van der Waals surface area (Å²) >= 11 is 1.51. The highest BCUT2D eigenvalue weighted by molar-refractivity contribution is 7.13. The number of thiazole rings is 1. The Morgan fingerprint density at radius 1 is 1.32 bits per heavy atom. The second kappa shape index (κ2) is 6.19. The molecule has 0 aliphatic heterocycles. The van der Waals surface area contributed by atoms with Gasteiger partial charge in [-0.3, -0.25) is 5.43 Å². The van der Waals surface area contributed by atoms with Crippen LogP contribution in [0.15, 0.2) is 28.7 Å². The Bertz CT molecular complexity index is 581. The van der Waals surface area contributed by atoms with E-state index in [2.05, 4.69) is 15.5 Å². The third-order valence-electron chi connectivity index (χ3n) is 2.42. The van der Waals surface area contributed by atoms with Gasteiger partial charge < -0.3 is 9.47 Å². The van der Waals surface area contributed by atoms with E-state index in [-0.39, 0.29) is 0 Å². The molecule has 0 bridgehead atoms. The SMILES string of the molecule is COc1ccc(/C=N\Nc2nc(C)cs2)c(OC)c1. The van der Waals surface area contributed by atoms with Crippen LogP contribution in [-0.4, -0.2) is 25.4 Å². The highest BCUT2D eigenvalue weighted by atomic mass is 32.1. The molecule has 5 nitrogen and oxygen atoms in total. The Labute approximate surface area is 115 Å². The van der Waals surface area contributed by atoms with E-state index in [4.69, 9.17) is 9.47 Å². The van der Waals surface area contributed by atoms with E-state index in [0.717, 1.165) is 22.1 Å². The molecule has 1 N–H and O–H groups in total. The summed E-state index contributed by atoms with van der Waals surface area (Å²) in [5.74, 6) is 1.46. The number of hydrazone groups is 1. The molecule has 6 heteroatoms. The third-order valence-corrected chi connectivity index (χ3v) is 3.29. The van der Waals surface area contributed by atoms with E-state index in [1.54, 1.807) is 20.4 Å². The predicted octanol–water partition coefficient (Wildman–Crippen LogP) is 2.91. The van der Waals surface area contributed by atoms with Gasteiger partial charge in [0.1, 0.15) is 11.5 Å². The standard InChI is InChI=1S/C13H15N3O2S/c1-9-8-19-13(15-9)16-14-7-10-4-5-11(17-2)6-12(10)18-3/h4-8H,1-3H3,(H,15,16)/b14-7-. The summed E-state index contributed by atoms with van der Waals surface area (Å²) in [6.45, 7) is 1.94. The lowest BCUT2D eigenvalue weighted by atomic mass is 10.2. The minimum Gasteiger partial charge on any atom is -0.497 e. The highest BCUT2D eigenvalue weighted by Gasteiger charge is 2.02. The van der Waals surface area contributed by atoms with Gasteiger partial charge >= 0.3 is 0 Å². The molecule has 0 aliphatic rings. The van der Waals surface area contributed by atoms with E-state index < -0.39 is 0 Å². The zero-order valence-electron chi connectivity index (χ0n) is 11.0. The maximum atomic E-state index is 5.28. The fourth-order valence-corrected chi connectivity index (χ4v) is 2.12. The molecule has 2 aromatic rings. The molecule has 1 heterocycles. The van der Waals surface area contributed by atoms with Gasteiger partial charge in [0.15, 0.2) is 0 Å². The van der Waals surface area contributed by atoms with Crippen LogP contribution in [0.2, 0.25) is 0 Å². The largest absolute Gasteiger partial charge is 0.497 e. The monoisotopic (exact) mass is 277 g/mol. The van der Waals surface area contributed by atoms with Crippen molar-refractivity contribution >= 4 is 22.7 Å². The van der Waals surface area contributed by atoms with Crippen molar-refractivity contribution in [3.8, 4) is 11.5 Å². The predicted molar refractivity (Wildman–Crippen MR) is 77.6 cm³/mol. The number of aromatic nitrogens is 1. The molecule has 100 valence electrons. The molecule has 2 rings (SSSR count). The molecule has 0 spiro atoms. The van der Waals surface area contributed by atoms with Crippen molar-refractivity contribution in [2.45, 2.75) is 6.92 Å². The Hall–Kier alpha value is -2.08. The van der Waals surface area contributed by atoms with Crippen molar-refractivity contribution in [3.63, 3.8) is 0 Å². The number of ether oxygens (including phenoxy) is 2. The molecule has 0 atom stereocenters. The summed E-state index contributed by atoms with van der Waals surface area (Å²) in [6, 6.07) is 5.56. The Balaban J connectivity index is 2.09. The number of rotatable bonds is 5. The zero-order valence-corrected chi connectivity index (χ0v) is 11.8. The van der Waals surface area contributed by atoms with Gasteiger partial charge in [0, 0.05) is 17.0 Å². The number of hydrogen-bond donors (Lipinski definition) is 1. The van der Waals surface area contributed by atoms with E-state index in [9.17, 15) is 0 Å². The van der Waals surface area contributed by atoms with Crippen molar-refractivity contribution in [3.05, 3.63) is 34.8 Å². The van der Waals surface area contributed by atoms with Crippen LogP contribution in [-0.2, 0) is 0 Å². The van der Waals surface area contributed by atoms with Crippen molar-refractivity contribution < 1.29 is 9.47 Å². The molecule has 0 amide bonds. The number of methoxy groups -OCH3 is 2. The number of aryl methyl sites for hydroxylation is 1. The van der Waals surface area contributed by atoms with Crippen molar-refractivity contribution in [2.24, 2.45) is 5.10 Å². The second-order valence-corrected chi connectivity index (χ2v) is 4.63. The van der Waals surface area contributed by atoms with Gasteiger partial charge in [-0.15, -0.1) is 11.3 Å². The average Bonchev–Trinajstić information content (AvgIpc) is 2.84. The first-order chi connectivity index (χ1) is 9.22. The van der Waals surface area contributed by atoms with Crippen LogP contribution in [0.4, 0.5) is 5.13 Å². The summed E-state index contributed by atoms with van der Waals surface area (Å²) in [4.78, 5) is 4.25. The molecule has 0 unspecified atom stereocenters. The molecule has 1 aromatic heterocycles. The molecular formula is C13H15N3O2S. The van der Waals surface area contributed by atoms with Gasteiger partial charge in [-0.05, 0) is 19.1 Å².